The summed E-state index contributed by atoms with van der Waals surface area (Å²) in [6.07, 6.45) is 0. The summed E-state index contributed by atoms with van der Waals surface area (Å²) in [4.78, 5) is 0. The SMILES string of the molecule is CCn1c(COC)cc2c(Cl)cccc21. The molecular formula is C12H14ClNO. The lowest BCUT2D eigenvalue weighted by molar-refractivity contribution is 0.178. The van der Waals surface area contributed by atoms with Gasteiger partial charge in [0, 0.05) is 35.3 Å². The fraction of sp³-hybridized carbons (Fsp3) is 0.333. The Balaban J connectivity index is 2.67. The summed E-state index contributed by atoms with van der Waals surface area (Å²) in [5, 5.41) is 1.91. The van der Waals surface area contributed by atoms with Crippen LogP contribution in [0, 0.1) is 0 Å². The van der Waals surface area contributed by atoms with E-state index in [4.69, 9.17) is 16.3 Å². The van der Waals surface area contributed by atoms with E-state index in [0.29, 0.717) is 6.61 Å². The molecule has 3 heteroatoms. The second-order valence-electron chi connectivity index (χ2n) is 3.49. The highest BCUT2D eigenvalue weighted by molar-refractivity contribution is 6.35. The lowest BCUT2D eigenvalue weighted by atomic mass is 10.2. The van der Waals surface area contributed by atoms with Gasteiger partial charge in [-0.25, -0.2) is 0 Å². The minimum absolute atomic E-state index is 0.624. The van der Waals surface area contributed by atoms with Gasteiger partial charge >= 0.3 is 0 Å². The third-order valence-corrected chi connectivity index (χ3v) is 2.92. The summed E-state index contributed by atoms with van der Waals surface area (Å²) < 4.78 is 7.40. The number of hydrogen-bond acceptors (Lipinski definition) is 1. The van der Waals surface area contributed by atoms with E-state index in [1.165, 1.54) is 11.2 Å². The highest BCUT2D eigenvalue weighted by atomic mass is 35.5. The summed E-state index contributed by atoms with van der Waals surface area (Å²) in [7, 11) is 1.71. The maximum atomic E-state index is 6.15. The Kier molecular flexibility index (Phi) is 2.98. The number of methoxy groups -OCH3 is 1. The van der Waals surface area contributed by atoms with E-state index in [1.807, 2.05) is 12.1 Å². The number of rotatable bonds is 3. The van der Waals surface area contributed by atoms with E-state index >= 15 is 0 Å². The Bertz CT molecular complexity index is 476. The number of benzene rings is 1. The van der Waals surface area contributed by atoms with E-state index in [0.717, 1.165) is 17.0 Å². The van der Waals surface area contributed by atoms with Crippen molar-refractivity contribution in [1.29, 1.82) is 0 Å². The molecule has 0 unspecified atom stereocenters. The van der Waals surface area contributed by atoms with Gasteiger partial charge in [0.2, 0.25) is 0 Å². The number of ether oxygens (including phenoxy) is 1. The maximum absolute atomic E-state index is 6.15. The van der Waals surface area contributed by atoms with Crippen LogP contribution in [0.2, 0.25) is 5.02 Å². The van der Waals surface area contributed by atoms with Crippen LogP contribution < -0.4 is 0 Å². The number of halogens is 1. The van der Waals surface area contributed by atoms with Crippen molar-refractivity contribution in [2.24, 2.45) is 0 Å². The molecule has 0 saturated carbocycles. The molecule has 2 rings (SSSR count). The largest absolute Gasteiger partial charge is 0.378 e. The molecule has 2 nitrogen and oxygen atoms in total. The Morgan fingerprint density at radius 2 is 2.20 bits per heavy atom. The predicted octanol–water partition coefficient (Wildman–Crippen LogP) is 3.46. The van der Waals surface area contributed by atoms with Crippen molar-refractivity contribution in [3.8, 4) is 0 Å². The zero-order chi connectivity index (χ0) is 10.8. The van der Waals surface area contributed by atoms with Crippen LogP contribution in [-0.2, 0) is 17.9 Å². The fourth-order valence-corrected chi connectivity index (χ4v) is 2.17. The van der Waals surface area contributed by atoms with Gasteiger partial charge in [-0.1, -0.05) is 17.7 Å². The first-order valence-corrected chi connectivity index (χ1v) is 5.41. The average molecular weight is 224 g/mol. The first-order chi connectivity index (χ1) is 7.27. The Labute approximate surface area is 94.4 Å². The molecule has 0 fully saturated rings. The van der Waals surface area contributed by atoms with E-state index < -0.39 is 0 Å². The van der Waals surface area contributed by atoms with Crippen molar-refractivity contribution in [3.63, 3.8) is 0 Å². The molecule has 0 saturated heterocycles. The molecule has 0 atom stereocenters. The summed E-state index contributed by atoms with van der Waals surface area (Å²) >= 11 is 6.15. The highest BCUT2D eigenvalue weighted by Crippen LogP contribution is 2.27. The number of nitrogens with zero attached hydrogens (tertiary/aromatic N) is 1. The molecule has 0 aliphatic rings. The number of fused-ring (bicyclic) bond motifs is 1. The van der Waals surface area contributed by atoms with E-state index in [9.17, 15) is 0 Å². The molecule has 1 heterocycles. The van der Waals surface area contributed by atoms with Gasteiger partial charge in [-0.2, -0.15) is 0 Å². The van der Waals surface area contributed by atoms with Crippen LogP contribution in [0.1, 0.15) is 12.6 Å². The fourth-order valence-electron chi connectivity index (χ4n) is 1.94. The minimum Gasteiger partial charge on any atom is -0.378 e. The third kappa shape index (κ3) is 1.75. The lowest BCUT2D eigenvalue weighted by Gasteiger charge is -2.06. The van der Waals surface area contributed by atoms with Crippen molar-refractivity contribution < 1.29 is 4.74 Å². The van der Waals surface area contributed by atoms with Gasteiger partial charge in [-0.05, 0) is 25.1 Å². The smallest absolute Gasteiger partial charge is 0.0864 e. The Morgan fingerprint density at radius 1 is 1.40 bits per heavy atom. The number of aromatic nitrogens is 1. The molecule has 0 radical (unpaired) electrons. The summed E-state index contributed by atoms with van der Waals surface area (Å²) in [6, 6.07) is 8.09. The second-order valence-corrected chi connectivity index (χ2v) is 3.89. The van der Waals surface area contributed by atoms with E-state index in [1.54, 1.807) is 7.11 Å². The standard InChI is InChI=1S/C12H14ClNO/c1-3-14-9(8-15-2)7-10-11(13)5-4-6-12(10)14/h4-7H,3,8H2,1-2H3. The first-order valence-electron chi connectivity index (χ1n) is 5.03. The van der Waals surface area contributed by atoms with Crippen LogP contribution in [0.5, 0.6) is 0 Å². The molecule has 0 amide bonds. The molecule has 0 aliphatic heterocycles. The predicted molar refractivity (Wildman–Crippen MR) is 63.3 cm³/mol. The van der Waals surface area contributed by atoms with Crippen molar-refractivity contribution >= 4 is 22.5 Å². The summed E-state index contributed by atoms with van der Waals surface area (Å²) in [6.45, 7) is 3.68. The third-order valence-electron chi connectivity index (χ3n) is 2.59. The molecule has 2 aromatic rings. The number of aryl methyl sites for hydroxylation is 1. The van der Waals surface area contributed by atoms with Crippen LogP contribution in [0.4, 0.5) is 0 Å². The van der Waals surface area contributed by atoms with Crippen molar-refractivity contribution in [3.05, 3.63) is 35.0 Å². The van der Waals surface area contributed by atoms with Gasteiger partial charge in [0.05, 0.1) is 6.61 Å². The summed E-state index contributed by atoms with van der Waals surface area (Å²) in [5.74, 6) is 0. The maximum Gasteiger partial charge on any atom is 0.0864 e. The zero-order valence-electron chi connectivity index (χ0n) is 8.96. The van der Waals surface area contributed by atoms with Gasteiger partial charge in [0.1, 0.15) is 0 Å². The highest BCUT2D eigenvalue weighted by Gasteiger charge is 2.08. The molecule has 15 heavy (non-hydrogen) atoms. The van der Waals surface area contributed by atoms with Crippen LogP contribution in [-0.4, -0.2) is 11.7 Å². The monoisotopic (exact) mass is 223 g/mol. The molecule has 0 aliphatic carbocycles. The molecule has 1 aromatic carbocycles. The van der Waals surface area contributed by atoms with Gasteiger partial charge in [-0.3, -0.25) is 0 Å². The van der Waals surface area contributed by atoms with Crippen molar-refractivity contribution in [1.82, 2.24) is 4.57 Å². The van der Waals surface area contributed by atoms with Gasteiger partial charge < -0.3 is 9.30 Å². The van der Waals surface area contributed by atoms with Crippen LogP contribution >= 0.6 is 11.6 Å². The molecule has 1 aromatic heterocycles. The van der Waals surface area contributed by atoms with Crippen LogP contribution in [0.25, 0.3) is 10.9 Å². The van der Waals surface area contributed by atoms with Gasteiger partial charge in [0.15, 0.2) is 0 Å². The van der Waals surface area contributed by atoms with Gasteiger partial charge in [0.25, 0.3) is 0 Å². The van der Waals surface area contributed by atoms with E-state index in [-0.39, 0.29) is 0 Å². The molecular weight excluding hydrogens is 210 g/mol. The normalized spacial score (nSPS) is 11.1. The topological polar surface area (TPSA) is 14.2 Å². The molecule has 0 spiro atoms. The summed E-state index contributed by atoms with van der Waals surface area (Å²) in [5.41, 5.74) is 2.35. The van der Waals surface area contributed by atoms with Gasteiger partial charge in [-0.15, -0.1) is 0 Å². The molecule has 80 valence electrons. The minimum atomic E-state index is 0.624. The molecule has 0 bridgehead atoms. The van der Waals surface area contributed by atoms with Crippen molar-refractivity contribution in [2.45, 2.75) is 20.1 Å². The van der Waals surface area contributed by atoms with E-state index in [2.05, 4.69) is 23.6 Å². The quantitative estimate of drug-likeness (QED) is 0.777. The first kappa shape index (κ1) is 10.5. The lowest BCUT2D eigenvalue weighted by Crippen LogP contribution is -2.00. The Morgan fingerprint density at radius 3 is 2.87 bits per heavy atom. The second kappa shape index (κ2) is 4.25. The Hall–Kier alpha value is -0.990. The average Bonchev–Trinajstić information content (AvgIpc) is 2.58. The van der Waals surface area contributed by atoms with Crippen LogP contribution in [0.15, 0.2) is 24.3 Å². The van der Waals surface area contributed by atoms with Crippen molar-refractivity contribution in [2.75, 3.05) is 7.11 Å². The number of hydrogen-bond donors (Lipinski definition) is 0. The van der Waals surface area contributed by atoms with Crippen LogP contribution in [0.3, 0.4) is 0 Å². The molecule has 0 N–H and O–H groups in total. The zero-order valence-corrected chi connectivity index (χ0v) is 9.71.